The smallest absolute Gasteiger partial charge is 0.337 e. The number of aliphatic hydroxyl groups is 1. The number of rotatable bonds is 14. The lowest BCUT2D eigenvalue weighted by molar-refractivity contribution is -0.168. The maximum Gasteiger partial charge on any atom is 0.337 e. The van der Waals surface area contributed by atoms with E-state index in [1.54, 1.807) is 12.1 Å². The van der Waals surface area contributed by atoms with Gasteiger partial charge in [0.25, 0.3) is 5.91 Å². The zero-order valence-corrected chi connectivity index (χ0v) is 22.4. The van der Waals surface area contributed by atoms with Crippen molar-refractivity contribution in [3.05, 3.63) is 47.2 Å². The molecule has 210 valence electrons. The quantitative estimate of drug-likeness (QED) is 0.278. The van der Waals surface area contributed by atoms with Crippen LogP contribution in [-0.4, -0.2) is 76.1 Å². The Balaban J connectivity index is 1.51. The van der Waals surface area contributed by atoms with Crippen molar-refractivity contribution in [3.63, 3.8) is 0 Å². The van der Waals surface area contributed by atoms with E-state index in [9.17, 15) is 9.59 Å². The predicted octanol–water partition coefficient (Wildman–Crippen LogP) is 3.17. The van der Waals surface area contributed by atoms with Crippen molar-refractivity contribution in [2.45, 2.75) is 57.3 Å². The summed E-state index contributed by atoms with van der Waals surface area (Å²) in [5, 5.41) is 12.1. The van der Waals surface area contributed by atoms with E-state index < -0.39 is 12.3 Å². The van der Waals surface area contributed by atoms with E-state index in [4.69, 9.17) is 28.8 Å². The van der Waals surface area contributed by atoms with Crippen molar-refractivity contribution >= 4 is 11.9 Å². The zero-order chi connectivity index (χ0) is 26.9. The van der Waals surface area contributed by atoms with Gasteiger partial charge in [-0.15, -0.1) is 0 Å². The van der Waals surface area contributed by atoms with E-state index in [2.05, 4.69) is 5.32 Å². The number of esters is 1. The Hall–Kier alpha value is -2.46. The topological polar surface area (TPSA) is 113 Å². The van der Waals surface area contributed by atoms with Gasteiger partial charge in [0, 0.05) is 31.1 Å². The summed E-state index contributed by atoms with van der Waals surface area (Å²) in [5.41, 5.74) is 1.41. The average Bonchev–Trinajstić information content (AvgIpc) is 3.56. The summed E-state index contributed by atoms with van der Waals surface area (Å²) in [5.74, 6) is 0.678. The third-order valence-corrected chi connectivity index (χ3v) is 7.91. The highest BCUT2D eigenvalue weighted by Gasteiger charge is 2.42. The highest BCUT2D eigenvalue weighted by Crippen LogP contribution is 2.45. The number of nitrogens with one attached hydrogen (secondary N) is 1. The number of methoxy groups -OCH3 is 1. The minimum Gasteiger partial charge on any atom is -0.465 e. The second kappa shape index (κ2) is 14.1. The number of carbonyl (C=O) groups is 2. The van der Waals surface area contributed by atoms with Crippen LogP contribution in [-0.2, 0) is 28.5 Å². The van der Waals surface area contributed by atoms with E-state index >= 15 is 0 Å². The lowest BCUT2D eigenvalue weighted by Crippen LogP contribution is -2.43. The Bertz CT molecular complexity index is 948. The van der Waals surface area contributed by atoms with Gasteiger partial charge in [0.2, 0.25) is 6.29 Å². The van der Waals surface area contributed by atoms with Crippen LogP contribution in [0.5, 0.6) is 0 Å². The molecular formula is C29H41NO8. The van der Waals surface area contributed by atoms with Crippen LogP contribution in [0.1, 0.15) is 60.9 Å². The van der Waals surface area contributed by atoms with Gasteiger partial charge in [-0.1, -0.05) is 18.6 Å². The van der Waals surface area contributed by atoms with Crippen LogP contribution < -0.4 is 5.32 Å². The molecule has 9 nitrogen and oxygen atoms in total. The van der Waals surface area contributed by atoms with Crippen LogP contribution in [0.15, 0.2) is 36.1 Å². The van der Waals surface area contributed by atoms with E-state index in [0.29, 0.717) is 44.3 Å². The summed E-state index contributed by atoms with van der Waals surface area (Å²) in [4.78, 5) is 25.3. The van der Waals surface area contributed by atoms with Gasteiger partial charge in [0.05, 0.1) is 39.1 Å². The molecule has 0 radical (unpaired) electrons. The Morgan fingerprint density at radius 2 is 1.82 bits per heavy atom. The first-order valence-electron chi connectivity index (χ1n) is 13.8. The molecule has 2 N–H and O–H groups in total. The summed E-state index contributed by atoms with van der Waals surface area (Å²) < 4.78 is 28.1. The van der Waals surface area contributed by atoms with Gasteiger partial charge in [-0.2, -0.15) is 0 Å². The minimum absolute atomic E-state index is 0.0177. The molecule has 1 aromatic rings. The van der Waals surface area contributed by atoms with Crippen LogP contribution in [0.4, 0.5) is 0 Å². The normalized spacial score (nSPS) is 28.0. The molecule has 1 aliphatic heterocycles. The van der Waals surface area contributed by atoms with Crippen molar-refractivity contribution in [2.75, 3.05) is 46.8 Å². The molecule has 2 fully saturated rings. The van der Waals surface area contributed by atoms with Gasteiger partial charge in [-0.25, -0.2) is 4.79 Å². The largest absolute Gasteiger partial charge is 0.465 e. The molecule has 2 saturated carbocycles. The van der Waals surface area contributed by atoms with Crippen LogP contribution in [0.25, 0.3) is 0 Å². The predicted molar refractivity (Wildman–Crippen MR) is 139 cm³/mol. The number of allylic oxidation sites excluding steroid dienone is 1. The first kappa shape index (κ1) is 28.5. The SMILES string of the molecule is CCO[C@H]1OC(C(=O)NC2CC3CCC2C3)=C[C@@H](c2ccc(C(=O)OC)cc2)[C@@H]1CCOCCOCCO. The summed E-state index contributed by atoms with van der Waals surface area (Å²) in [6.07, 6.45) is 6.59. The average molecular weight is 532 g/mol. The summed E-state index contributed by atoms with van der Waals surface area (Å²) in [6.45, 7) is 3.89. The lowest BCUT2D eigenvalue weighted by atomic mass is 9.81. The second-order valence-electron chi connectivity index (χ2n) is 10.3. The highest BCUT2D eigenvalue weighted by atomic mass is 16.7. The number of hydrogen-bond donors (Lipinski definition) is 2. The molecule has 1 heterocycles. The number of aliphatic hydroxyl groups excluding tert-OH is 1. The third kappa shape index (κ3) is 7.14. The summed E-state index contributed by atoms with van der Waals surface area (Å²) >= 11 is 0. The highest BCUT2D eigenvalue weighted by molar-refractivity contribution is 5.92. The molecule has 6 atom stereocenters. The maximum atomic E-state index is 13.4. The molecule has 3 unspecified atom stereocenters. The number of ether oxygens (including phenoxy) is 5. The maximum absolute atomic E-state index is 13.4. The van der Waals surface area contributed by atoms with E-state index in [-0.39, 0.29) is 42.8 Å². The van der Waals surface area contributed by atoms with E-state index in [1.165, 1.54) is 26.4 Å². The molecule has 38 heavy (non-hydrogen) atoms. The van der Waals surface area contributed by atoms with Gasteiger partial charge >= 0.3 is 5.97 Å². The molecule has 0 aromatic heterocycles. The van der Waals surface area contributed by atoms with Gasteiger partial charge < -0.3 is 34.1 Å². The molecule has 4 rings (SSSR count). The van der Waals surface area contributed by atoms with Crippen LogP contribution in [0.2, 0.25) is 0 Å². The number of amides is 1. The summed E-state index contributed by atoms with van der Waals surface area (Å²) in [6, 6.07) is 7.46. The molecule has 1 aromatic carbocycles. The Kier molecular flexibility index (Phi) is 10.6. The summed E-state index contributed by atoms with van der Waals surface area (Å²) in [7, 11) is 1.36. The number of fused-ring (bicyclic) bond motifs is 2. The number of carbonyl (C=O) groups excluding carboxylic acids is 2. The van der Waals surface area contributed by atoms with Crippen molar-refractivity contribution in [1.29, 1.82) is 0 Å². The molecule has 0 spiro atoms. The first-order chi connectivity index (χ1) is 18.5. The zero-order valence-electron chi connectivity index (χ0n) is 22.4. The van der Waals surface area contributed by atoms with Crippen LogP contribution in [0.3, 0.4) is 0 Å². The van der Waals surface area contributed by atoms with Gasteiger partial charge in [0.1, 0.15) is 0 Å². The van der Waals surface area contributed by atoms with Gasteiger partial charge in [-0.3, -0.25) is 4.79 Å². The van der Waals surface area contributed by atoms with Crippen molar-refractivity contribution in [3.8, 4) is 0 Å². The standard InChI is InChI=1S/C29H41NO8/c1-3-37-29-23(10-12-35-14-15-36-13-11-31)24(20-6-8-21(9-7-20)28(33)34-2)18-26(38-29)27(32)30-25-17-19-4-5-22(25)16-19/h6-9,18-19,22-25,29,31H,3-5,10-17H2,1-2H3,(H,30,32)/t19?,22?,23-,24-,25?,29-/m0/s1. The fourth-order valence-electron chi connectivity index (χ4n) is 6.04. The Morgan fingerprint density at radius 3 is 2.45 bits per heavy atom. The number of benzene rings is 1. The Morgan fingerprint density at radius 1 is 1.05 bits per heavy atom. The van der Waals surface area contributed by atoms with Crippen LogP contribution in [0, 0.1) is 17.8 Å². The molecule has 0 saturated heterocycles. The lowest BCUT2D eigenvalue weighted by Gasteiger charge is -2.37. The van der Waals surface area contributed by atoms with Crippen molar-refractivity contribution in [1.82, 2.24) is 5.32 Å². The molecule has 3 aliphatic rings. The molecular weight excluding hydrogens is 490 g/mol. The van der Waals surface area contributed by atoms with Gasteiger partial charge in [0.15, 0.2) is 5.76 Å². The monoisotopic (exact) mass is 531 g/mol. The van der Waals surface area contributed by atoms with Gasteiger partial charge in [-0.05, 0) is 68.2 Å². The van der Waals surface area contributed by atoms with Crippen LogP contribution >= 0.6 is 0 Å². The fraction of sp³-hybridized carbons (Fsp3) is 0.655. The second-order valence-corrected chi connectivity index (χ2v) is 10.3. The molecule has 1 amide bonds. The minimum atomic E-state index is -0.620. The number of hydrogen-bond acceptors (Lipinski definition) is 8. The molecule has 9 heteroatoms. The Labute approximate surface area is 224 Å². The third-order valence-electron chi connectivity index (χ3n) is 7.91. The fourth-order valence-corrected chi connectivity index (χ4v) is 6.04. The molecule has 2 aliphatic carbocycles. The van der Waals surface area contributed by atoms with E-state index in [0.717, 1.165) is 17.9 Å². The van der Waals surface area contributed by atoms with Crippen molar-refractivity contribution < 1.29 is 38.4 Å². The first-order valence-corrected chi connectivity index (χ1v) is 13.8. The molecule has 2 bridgehead atoms. The van der Waals surface area contributed by atoms with Crippen molar-refractivity contribution in [2.24, 2.45) is 17.8 Å². The van der Waals surface area contributed by atoms with E-state index in [1.807, 2.05) is 25.1 Å².